The van der Waals surface area contributed by atoms with Gasteiger partial charge in [0, 0.05) is 42.5 Å². The summed E-state index contributed by atoms with van der Waals surface area (Å²) in [6.45, 7) is 6.07. The van der Waals surface area contributed by atoms with Gasteiger partial charge in [0.1, 0.15) is 11.2 Å². The number of rotatable bonds is 3. The second-order valence-corrected chi connectivity index (χ2v) is 9.21. The van der Waals surface area contributed by atoms with Crippen molar-refractivity contribution in [2.75, 3.05) is 24.6 Å². The van der Waals surface area contributed by atoms with Crippen molar-refractivity contribution < 1.29 is 9.84 Å². The van der Waals surface area contributed by atoms with E-state index in [1.807, 2.05) is 26.0 Å². The van der Waals surface area contributed by atoms with Crippen molar-refractivity contribution in [3.05, 3.63) is 40.9 Å². The molecule has 168 valence electrons. The van der Waals surface area contributed by atoms with Gasteiger partial charge in [0.15, 0.2) is 5.82 Å². The maximum absolute atomic E-state index is 10.1. The van der Waals surface area contributed by atoms with Gasteiger partial charge in [-0.05, 0) is 38.8 Å². The highest BCUT2D eigenvalue weighted by molar-refractivity contribution is 6.37. The Bertz CT molecular complexity index is 1160. The number of aromatic nitrogens is 4. The molecule has 9 heteroatoms. The van der Waals surface area contributed by atoms with Gasteiger partial charge in [0.2, 0.25) is 0 Å². The quantitative estimate of drug-likeness (QED) is 0.621. The normalized spacial score (nSPS) is 22.7. The highest BCUT2D eigenvalue weighted by Gasteiger charge is 2.47. The molecule has 1 aromatic carbocycles. The van der Waals surface area contributed by atoms with Gasteiger partial charge >= 0.3 is 0 Å². The number of ether oxygens (including phenoxy) is 1. The van der Waals surface area contributed by atoms with Gasteiger partial charge in [-0.25, -0.2) is 9.97 Å². The van der Waals surface area contributed by atoms with Crippen molar-refractivity contribution in [3.8, 4) is 11.3 Å². The summed E-state index contributed by atoms with van der Waals surface area (Å²) in [6, 6.07) is 3.80. The van der Waals surface area contributed by atoms with Crippen molar-refractivity contribution >= 4 is 28.5 Å². The number of fused-ring (bicyclic) bond motifs is 1. The fourth-order valence-corrected chi connectivity index (χ4v) is 5.28. The number of nitrogens with two attached hydrogens (primary N) is 1. The Labute approximate surface area is 191 Å². The van der Waals surface area contributed by atoms with E-state index in [0.717, 1.165) is 48.5 Å². The fourth-order valence-electron chi connectivity index (χ4n) is 4.98. The lowest BCUT2D eigenvalue weighted by Gasteiger charge is -2.42. The van der Waals surface area contributed by atoms with E-state index in [9.17, 15) is 5.11 Å². The van der Waals surface area contributed by atoms with Gasteiger partial charge in [-0.3, -0.25) is 9.97 Å². The van der Waals surface area contributed by atoms with Crippen LogP contribution in [0.4, 0.5) is 5.82 Å². The van der Waals surface area contributed by atoms with Crippen molar-refractivity contribution in [1.29, 1.82) is 0 Å². The Morgan fingerprint density at radius 1 is 1.22 bits per heavy atom. The van der Waals surface area contributed by atoms with Crippen LogP contribution < -0.4 is 10.6 Å². The number of hydrogen-bond donors (Lipinski definition) is 2. The highest BCUT2D eigenvalue weighted by atomic mass is 35.5. The summed E-state index contributed by atoms with van der Waals surface area (Å²) >= 11 is 6.66. The summed E-state index contributed by atoms with van der Waals surface area (Å²) in [5.41, 5.74) is 10.5. The fraction of sp³-hybridized carbons (Fsp3) is 0.478. The SMILES string of the molecule is Cc1nc(N2CCC3(CC2)CO[C@@H](C)[C@H]3N)c(CO)nc1-c1ccc2nccnc2c1Cl. The van der Waals surface area contributed by atoms with Gasteiger partial charge in [-0.1, -0.05) is 11.6 Å². The van der Waals surface area contributed by atoms with Crippen LogP contribution in [-0.2, 0) is 11.3 Å². The number of aliphatic hydroxyl groups excluding tert-OH is 1. The summed E-state index contributed by atoms with van der Waals surface area (Å²) < 4.78 is 5.84. The molecule has 32 heavy (non-hydrogen) atoms. The summed E-state index contributed by atoms with van der Waals surface area (Å²) in [4.78, 5) is 20.5. The van der Waals surface area contributed by atoms with Gasteiger partial charge in [0.05, 0.1) is 41.2 Å². The maximum Gasteiger partial charge on any atom is 0.153 e. The predicted molar refractivity (Wildman–Crippen MR) is 124 cm³/mol. The van der Waals surface area contributed by atoms with Crippen molar-refractivity contribution in [3.63, 3.8) is 0 Å². The average molecular weight is 455 g/mol. The van der Waals surface area contributed by atoms with E-state index < -0.39 is 0 Å². The van der Waals surface area contributed by atoms with Crippen molar-refractivity contribution in [2.24, 2.45) is 11.1 Å². The molecule has 1 spiro atoms. The minimum Gasteiger partial charge on any atom is -0.390 e. The molecule has 4 heterocycles. The first kappa shape index (κ1) is 21.5. The van der Waals surface area contributed by atoms with E-state index in [1.165, 1.54) is 0 Å². The third-order valence-corrected chi connectivity index (χ3v) is 7.39. The first-order valence-corrected chi connectivity index (χ1v) is 11.3. The topological polar surface area (TPSA) is 110 Å². The minimum atomic E-state index is -0.206. The number of anilines is 1. The van der Waals surface area contributed by atoms with Crippen LogP contribution in [0.3, 0.4) is 0 Å². The van der Waals surface area contributed by atoms with Crippen LogP contribution in [0.5, 0.6) is 0 Å². The van der Waals surface area contributed by atoms with Gasteiger partial charge < -0.3 is 20.5 Å². The number of halogens is 1. The van der Waals surface area contributed by atoms with E-state index in [1.54, 1.807) is 12.4 Å². The number of hydrogen-bond acceptors (Lipinski definition) is 8. The van der Waals surface area contributed by atoms with Crippen LogP contribution in [0.2, 0.25) is 5.02 Å². The van der Waals surface area contributed by atoms with Gasteiger partial charge in [-0.15, -0.1) is 0 Å². The predicted octanol–water partition coefficient (Wildman–Crippen LogP) is 2.87. The van der Waals surface area contributed by atoms with Crippen molar-refractivity contribution in [1.82, 2.24) is 19.9 Å². The van der Waals surface area contributed by atoms with E-state index in [4.69, 9.17) is 32.0 Å². The van der Waals surface area contributed by atoms with E-state index >= 15 is 0 Å². The summed E-state index contributed by atoms with van der Waals surface area (Å²) in [6.07, 6.45) is 5.20. The minimum absolute atomic E-state index is 0.0252. The Morgan fingerprint density at radius 3 is 2.66 bits per heavy atom. The second kappa shape index (κ2) is 8.19. The van der Waals surface area contributed by atoms with Crippen LogP contribution in [0, 0.1) is 12.3 Å². The molecular formula is C23H27ClN6O2. The monoisotopic (exact) mass is 454 g/mol. The van der Waals surface area contributed by atoms with Gasteiger partial charge in [0.25, 0.3) is 0 Å². The third-order valence-electron chi connectivity index (χ3n) is 7.01. The van der Waals surface area contributed by atoms with Crippen LogP contribution in [0.15, 0.2) is 24.5 Å². The molecule has 0 saturated carbocycles. The number of aliphatic hydroxyl groups is 1. The van der Waals surface area contributed by atoms with E-state index in [-0.39, 0.29) is 24.2 Å². The molecule has 2 fully saturated rings. The molecule has 2 saturated heterocycles. The first-order chi connectivity index (χ1) is 15.4. The maximum atomic E-state index is 10.1. The zero-order valence-corrected chi connectivity index (χ0v) is 19.0. The molecule has 0 aliphatic carbocycles. The van der Waals surface area contributed by atoms with Crippen LogP contribution >= 0.6 is 11.6 Å². The Kier molecular flexibility index (Phi) is 5.49. The Balaban J connectivity index is 1.47. The zero-order chi connectivity index (χ0) is 22.5. The molecule has 2 aliphatic rings. The van der Waals surface area contributed by atoms with Crippen LogP contribution in [0.1, 0.15) is 31.2 Å². The Hall–Kier alpha value is -2.39. The summed E-state index contributed by atoms with van der Waals surface area (Å²) in [7, 11) is 0. The standard InChI is InChI=1S/C23H27ClN6O2/c1-13-19(15-3-4-16-20(18(15)24)27-8-7-26-16)29-17(11-31)22(28-13)30-9-5-23(6-10-30)12-32-14(2)21(23)25/h3-4,7-8,14,21,31H,5-6,9-12,25H2,1-2H3/t14-,21+/m0/s1. The molecule has 2 aliphatic heterocycles. The molecule has 0 unspecified atom stereocenters. The number of aryl methyl sites for hydroxylation is 1. The lowest BCUT2D eigenvalue weighted by Crippen LogP contribution is -2.51. The molecule has 2 atom stereocenters. The second-order valence-electron chi connectivity index (χ2n) is 8.83. The third kappa shape index (κ3) is 3.42. The van der Waals surface area contributed by atoms with E-state index in [0.29, 0.717) is 28.5 Å². The molecule has 3 aromatic rings. The van der Waals surface area contributed by atoms with Crippen LogP contribution in [0.25, 0.3) is 22.3 Å². The summed E-state index contributed by atoms with van der Waals surface area (Å²) in [5, 5.41) is 10.6. The van der Waals surface area contributed by atoms with Gasteiger partial charge in [-0.2, -0.15) is 0 Å². The lowest BCUT2D eigenvalue weighted by atomic mass is 9.73. The van der Waals surface area contributed by atoms with Crippen LogP contribution in [-0.4, -0.2) is 56.9 Å². The number of benzene rings is 1. The first-order valence-electron chi connectivity index (χ1n) is 10.9. The van der Waals surface area contributed by atoms with E-state index in [2.05, 4.69) is 14.9 Å². The molecule has 0 bridgehead atoms. The molecule has 2 aromatic heterocycles. The highest BCUT2D eigenvalue weighted by Crippen LogP contribution is 2.42. The molecular weight excluding hydrogens is 428 g/mol. The number of piperidine rings is 1. The van der Waals surface area contributed by atoms with Crippen molar-refractivity contribution in [2.45, 2.75) is 45.4 Å². The average Bonchev–Trinajstić information content (AvgIpc) is 3.09. The molecule has 8 nitrogen and oxygen atoms in total. The molecule has 5 rings (SSSR count). The number of nitrogens with zero attached hydrogens (tertiary/aromatic N) is 5. The Morgan fingerprint density at radius 2 is 1.97 bits per heavy atom. The zero-order valence-electron chi connectivity index (χ0n) is 18.3. The molecule has 0 amide bonds. The largest absolute Gasteiger partial charge is 0.390 e. The summed E-state index contributed by atoms with van der Waals surface area (Å²) in [5.74, 6) is 0.723. The molecule has 3 N–H and O–H groups in total. The smallest absolute Gasteiger partial charge is 0.153 e. The molecule has 0 radical (unpaired) electrons. The lowest BCUT2D eigenvalue weighted by molar-refractivity contribution is 0.0973.